The van der Waals surface area contributed by atoms with Crippen molar-refractivity contribution in [1.29, 1.82) is 0 Å². The number of hydrogen-bond acceptors (Lipinski definition) is 3. The number of methoxy groups -OCH3 is 1. The Morgan fingerprint density at radius 3 is 1.89 bits per heavy atom. The van der Waals surface area contributed by atoms with Gasteiger partial charge in [0.2, 0.25) is 0 Å². The summed E-state index contributed by atoms with van der Waals surface area (Å²) in [6, 6.07) is 28.9. The molecule has 6 heteroatoms. The fraction of sp³-hybridized carbons (Fsp3) is 0.300. The highest BCUT2D eigenvalue weighted by molar-refractivity contribution is 7.83. The summed E-state index contributed by atoms with van der Waals surface area (Å²) in [5.74, 6) is -1.05. The number of aryl methyl sites for hydroxylation is 1. The first kappa shape index (κ1) is 27.8. The van der Waals surface area contributed by atoms with Gasteiger partial charge < -0.3 is 4.74 Å². The smallest absolute Gasteiger partial charge is 0.314 e. The van der Waals surface area contributed by atoms with E-state index in [1.165, 1.54) is 17.5 Å². The van der Waals surface area contributed by atoms with Gasteiger partial charge in [0.05, 0.1) is 17.9 Å². The van der Waals surface area contributed by atoms with E-state index in [4.69, 9.17) is 4.74 Å². The topological polar surface area (TPSA) is 55.4 Å². The summed E-state index contributed by atoms with van der Waals surface area (Å²) in [6.45, 7) is 12.8. The average molecular weight is 520 g/mol. The Morgan fingerprint density at radius 1 is 0.972 bits per heavy atom. The summed E-state index contributed by atoms with van der Waals surface area (Å²) in [6.07, 6.45) is 1.62. The van der Waals surface area contributed by atoms with Gasteiger partial charge in [-0.15, -0.1) is 6.58 Å². The van der Waals surface area contributed by atoms with Gasteiger partial charge in [-0.1, -0.05) is 116 Å². The second-order valence-electron chi connectivity index (χ2n) is 10.2. The molecule has 1 N–H and O–H groups in total. The molecule has 0 saturated carbocycles. The third kappa shape index (κ3) is 5.94. The van der Waals surface area contributed by atoms with Crippen LogP contribution in [-0.2, 0) is 20.5 Å². The number of nitrogens with one attached hydrogen (secondary N) is 1. The summed E-state index contributed by atoms with van der Waals surface area (Å²) in [7, 11) is -2.71. The molecular formula is C30H37NO3SSi. The molecule has 3 aromatic rings. The van der Waals surface area contributed by atoms with Crippen molar-refractivity contribution in [3.8, 4) is 0 Å². The fourth-order valence-corrected chi connectivity index (χ4v) is 11.9. The van der Waals surface area contributed by atoms with Crippen molar-refractivity contribution >= 4 is 35.4 Å². The molecule has 4 nitrogen and oxygen atoms in total. The number of ether oxygens (including phenoxy) is 1. The van der Waals surface area contributed by atoms with Crippen molar-refractivity contribution in [3.05, 3.63) is 103 Å². The molecule has 1 unspecified atom stereocenters. The molecule has 0 radical (unpaired) electrons. The van der Waals surface area contributed by atoms with E-state index in [1.54, 1.807) is 6.08 Å². The molecule has 3 rings (SSSR count). The Bertz CT molecular complexity index is 1130. The lowest BCUT2D eigenvalue weighted by molar-refractivity contribution is -0.144. The Balaban J connectivity index is 2.19. The third-order valence-electron chi connectivity index (χ3n) is 6.99. The van der Waals surface area contributed by atoms with Crippen molar-refractivity contribution in [1.82, 2.24) is 4.72 Å². The molecule has 36 heavy (non-hydrogen) atoms. The van der Waals surface area contributed by atoms with Crippen LogP contribution in [0.2, 0.25) is 11.1 Å². The Morgan fingerprint density at radius 2 is 1.47 bits per heavy atom. The molecule has 0 saturated heterocycles. The van der Waals surface area contributed by atoms with Crippen molar-refractivity contribution in [3.63, 3.8) is 0 Å². The van der Waals surface area contributed by atoms with Crippen LogP contribution in [-0.4, -0.2) is 31.4 Å². The fourth-order valence-electron chi connectivity index (χ4n) is 5.02. The first-order valence-electron chi connectivity index (χ1n) is 12.2. The average Bonchev–Trinajstić information content (AvgIpc) is 2.87. The lowest BCUT2D eigenvalue weighted by Gasteiger charge is -2.46. The number of hydrogen-bond donors (Lipinski definition) is 1. The van der Waals surface area contributed by atoms with Gasteiger partial charge in [-0.3, -0.25) is 4.79 Å². The molecule has 0 aliphatic heterocycles. The highest BCUT2D eigenvalue weighted by Crippen LogP contribution is 2.40. The molecule has 0 bridgehead atoms. The zero-order valence-electron chi connectivity index (χ0n) is 21.9. The van der Waals surface area contributed by atoms with Crippen LogP contribution in [0, 0.1) is 12.8 Å². The number of carbonyl (C=O) groups is 1. The number of esters is 1. The molecule has 0 heterocycles. The predicted octanol–water partition coefficient (Wildman–Crippen LogP) is 5.01. The van der Waals surface area contributed by atoms with E-state index in [0.717, 1.165) is 5.56 Å². The first-order valence-corrected chi connectivity index (χ1v) is 15.6. The summed E-state index contributed by atoms with van der Waals surface area (Å²) >= 11 is 0. The molecule has 0 fully saturated rings. The van der Waals surface area contributed by atoms with Crippen molar-refractivity contribution < 1.29 is 13.7 Å². The van der Waals surface area contributed by atoms with Crippen molar-refractivity contribution in [2.24, 2.45) is 5.92 Å². The van der Waals surface area contributed by atoms with Gasteiger partial charge in [0.1, 0.15) is 19.1 Å². The van der Waals surface area contributed by atoms with Crippen LogP contribution in [0.15, 0.2) is 102 Å². The number of rotatable bonds is 10. The molecule has 3 atom stereocenters. The Labute approximate surface area is 219 Å². The zero-order chi connectivity index (χ0) is 26.3. The van der Waals surface area contributed by atoms with E-state index in [0.29, 0.717) is 10.9 Å². The minimum Gasteiger partial charge on any atom is -0.469 e. The van der Waals surface area contributed by atoms with Crippen molar-refractivity contribution in [2.45, 2.75) is 49.7 Å². The van der Waals surface area contributed by atoms with Crippen LogP contribution in [0.5, 0.6) is 0 Å². The monoisotopic (exact) mass is 519 g/mol. The minimum atomic E-state index is -2.58. The first-order chi connectivity index (χ1) is 17.1. The van der Waals surface area contributed by atoms with Crippen LogP contribution in [0.25, 0.3) is 0 Å². The SMILES string of the molecule is C=C[C@@H](C(=O)OC)[C@H](C[Si](c1ccccc1)(c1ccccc1)C(C)(C)C)NS(=O)c1ccc(C)cc1. The molecule has 3 aromatic carbocycles. The van der Waals surface area contributed by atoms with Gasteiger partial charge in [-0.25, -0.2) is 8.93 Å². The van der Waals surface area contributed by atoms with E-state index in [-0.39, 0.29) is 11.0 Å². The summed E-state index contributed by atoms with van der Waals surface area (Å²) < 4.78 is 22.0. The highest BCUT2D eigenvalue weighted by Gasteiger charge is 2.50. The maximum atomic E-state index is 13.5. The zero-order valence-corrected chi connectivity index (χ0v) is 23.7. The second-order valence-corrected chi connectivity index (χ2v) is 16.3. The highest BCUT2D eigenvalue weighted by atomic mass is 32.2. The quantitative estimate of drug-likeness (QED) is 0.233. The molecular weight excluding hydrogens is 482 g/mol. The maximum Gasteiger partial charge on any atom is 0.314 e. The van der Waals surface area contributed by atoms with E-state index in [9.17, 15) is 9.00 Å². The van der Waals surface area contributed by atoms with Gasteiger partial charge in [0, 0.05) is 6.04 Å². The van der Waals surface area contributed by atoms with Crippen molar-refractivity contribution in [2.75, 3.05) is 7.11 Å². The van der Waals surface area contributed by atoms with Gasteiger partial charge in [0.15, 0.2) is 0 Å². The van der Waals surface area contributed by atoms with Crippen LogP contribution in [0.1, 0.15) is 26.3 Å². The van der Waals surface area contributed by atoms with Crippen LogP contribution in [0.4, 0.5) is 0 Å². The summed E-state index contributed by atoms with van der Waals surface area (Å²) in [5.41, 5.74) is 1.10. The molecule has 190 valence electrons. The van der Waals surface area contributed by atoms with Crippen LogP contribution < -0.4 is 15.1 Å². The number of carbonyl (C=O) groups excluding carboxylic acids is 1. The van der Waals surface area contributed by atoms with Crippen LogP contribution >= 0.6 is 0 Å². The van der Waals surface area contributed by atoms with E-state index in [2.05, 4.69) is 80.6 Å². The van der Waals surface area contributed by atoms with Gasteiger partial charge in [-0.2, -0.15) is 0 Å². The van der Waals surface area contributed by atoms with Gasteiger partial charge >= 0.3 is 5.97 Å². The van der Waals surface area contributed by atoms with E-state index in [1.807, 2.05) is 43.3 Å². The molecule has 0 aliphatic carbocycles. The standard InChI is InChI=1S/C30H37NO3SSi/c1-7-27(29(32)34-6)28(31-35(33)24-20-18-23(2)19-21-24)22-36(30(3,4)5,25-14-10-8-11-15-25)26-16-12-9-13-17-26/h7-21,27-28,31H,1,22H2,2-6H3/t27-,28+,35?/m1/s1. The van der Waals surface area contributed by atoms with E-state index >= 15 is 0 Å². The number of benzene rings is 3. The summed E-state index contributed by atoms with van der Waals surface area (Å²) in [5, 5.41) is 2.41. The normalized spacial score (nSPS) is 14.5. The van der Waals surface area contributed by atoms with E-state index < -0.39 is 31.0 Å². The van der Waals surface area contributed by atoms with Gasteiger partial charge in [-0.05, 0) is 30.1 Å². The second kappa shape index (κ2) is 12.0. The predicted molar refractivity (Wildman–Crippen MR) is 153 cm³/mol. The minimum absolute atomic E-state index is 0.122. The van der Waals surface area contributed by atoms with Crippen LogP contribution in [0.3, 0.4) is 0 Å². The lowest BCUT2D eigenvalue weighted by atomic mass is 10.0. The third-order valence-corrected chi connectivity index (χ3v) is 14.5. The lowest BCUT2D eigenvalue weighted by Crippen LogP contribution is -2.67. The Hall–Kier alpha value is -2.80. The maximum absolute atomic E-state index is 13.5. The van der Waals surface area contributed by atoms with Gasteiger partial charge in [0.25, 0.3) is 0 Å². The summed E-state index contributed by atoms with van der Waals surface area (Å²) in [4.78, 5) is 13.6. The molecule has 0 aliphatic rings. The largest absolute Gasteiger partial charge is 0.469 e. The molecule has 0 amide bonds. The Kier molecular flexibility index (Phi) is 9.22. The molecule has 0 spiro atoms. The molecule has 0 aromatic heterocycles.